The number of rotatable bonds is 3. The molecule has 0 aliphatic heterocycles. The smallest absolute Gasteiger partial charge is 0.339 e. The average Bonchev–Trinajstić information content (AvgIpc) is 2.88. The quantitative estimate of drug-likeness (QED) is 0.500. The van der Waals surface area contributed by atoms with Gasteiger partial charge in [-0.2, -0.15) is 0 Å². The molecular weight excluding hydrogens is 358 g/mol. The number of ether oxygens (including phenoxy) is 1. The molecule has 0 radical (unpaired) electrons. The van der Waals surface area contributed by atoms with E-state index >= 15 is 0 Å². The summed E-state index contributed by atoms with van der Waals surface area (Å²) in [7, 11) is 0. The van der Waals surface area contributed by atoms with E-state index < -0.39 is 0 Å². The van der Waals surface area contributed by atoms with Gasteiger partial charge in [-0.1, -0.05) is 40.2 Å². The van der Waals surface area contributed by atoms with Gasteiger partial charge in [0, 0.05) is 23.0 Å². The van der Waals surface area contributed by atoms with Crippen molar-refractivity contribution in [2.75, 3.05) is 6.61 Å². The van der Waals surface area contributed by atoms with Gasteiger partial charge < -0.3 is 4.74 Å². The number of hydrogen-bond acceptors (Lipinski definition) is 3. The van der Waals surface area contributed by atoms with Gasteiger partial charge in [0.05, 0.1) is 23.2 Å². The predicted octanol–water partition coefficient (Wildman–Crippen LogP) is 4.53. The molecule has 0 saturated carbocycles. The van der Waals surface area contributed by atoms with Crippen molar-refractivity contribution in [2.45, 2.75) is 19.2 Å². The second kappa shape index (κ2) is 6.16. The first-order chi connectivity index (χ1) is 11.1. The first kappa shape index (κ1) is 15.7. The third-order valence-electron chi connectivity index (χ3n) is 3.86. The highest BCUT2D eigenvalue weighted by molar-refractivity contribution is 9.08. The highest BCUT2D eigenvalue weighted by Gasteiger charge is 2.22. The molecule has 0 N–H and O–H groups in total. The normalized spacial score (nSPS) is 11.1. The number of aromatic nitrogens is 1. The van der Waals surface area contributed by atoms with Gasteiger partial charge in [-0.3, -0.25) is 9.36 Å². The van der Waals surface area contributed by atoms with Gasteiger partial charge in [-0.15, -0.1) is 0 Å². The van der Waals surface area contributed by atoms with Crippen LogP contribution in [0.4, 0.5) is 0 Å². The zero-order chi connectivity index (χ0) is 16.6. The first-order valence-electron chi connectivity index (χ1n) is 7.39. The second-order valence-electron chi connectivity index (χ2n) is 5.22. The molecular formula is C18H16BrNO3. The number of alkyl halides is 1. The summed E-state index contributed by atoms with van der Waals surface area (Å²) < 4.78 is 6.89. The Balaban J connectivity index is 2.52. The van der Waals surface area contributed by atoms with Crippen LogP contribution in [0.15, 0.2) is 36.4 Å². The molecule has 0 aliphatic carbocycles. The number of nitrogens with zero attached hydrogens (tertiary/aromatic N) is 1. The Kier molecular flexibility index (Phi) is 4.22. The summed E-state index contributed by atoms with van der Waals surface area (Å²) in [6.07, 6.45) is 0. The summed E-state index contributed by atoms with van der Waals surface area (Å²) in [4.78, 5) is 24.7. The molecule has 0 amide bonds. The Labute approximate surface area is 142 Å². The molecule has 0 bridgehead atoms. The van der Waals surface area contributed by atoms with Crippen LogP contribution < -0.4 is 0 Å². The molecule has 0 unspecified atom stereocenters. The first-order valence-corrected chi connectivity index (χ1v) is 8.51. The van der Waals surface area contributed by atoms with Crippen LogP contribution in [0, 0.1) is 0 Å². The minimum Gasteiger partial charge on any atom is -0.462 e. The van der Waals surface area contributed by atoms with Gasteiger partial charge in [0.15, 0.2) is 0 Å². The Hall–Kier alpha value is -2.14. The van der Waals surface area contributed by atoms with Crippen LogP contribution in [-0.2, 0) is 10.1 Å². The van der Waals surface area contributed by atoms with E-state index in [-0.39, 0.29) is 11.9 Å². The van der Waals surface area contributed by atoms with Gasteiger partial charge in [0.2, 0.25) is 5.91 Å². The number of esters is 1. The average molecular weight is 374 g/mol. The number of fused-ring (bicyclic) bond motifs is 3. The lowest BCUT2D eigenvalue weighted by Gasteiger charge is -2.09. The van der Waals surface area contributed by atoms with E-state index in [1.807, 2.05) is 36.4 Å². The largest absolute Gasteiger partial charge is 0.462 e. The summed E-state index contributed by atoms with van der Waals surface area (Å²) in [6.45, 7) is 3.61. The lowest BCUT2D eigenvalue weighted by atomic mass is 10.0. The summed E-state index contributed by atoms with van der Waals surface area (Å²) in [5, 5.41) is 2.19. The predicted molar refractivity (Wildman–Crippen MR) is 94.3 cm³/mol. The van der Waals surface area contributed by atoms with Crippen molar-refractivity contribution in [1.82, 2.24) is 4.57 Å². The van der Waals surface area contributed by atoms with E-state index in [4.69, 9.17) is 4.74 Å². The van der Waals surface area contributed by atoms with Gasteiger partial charge in [-0.05, 0) is 24.6 Å². The fourth-order valence-corrected chi connectivity index (χ4v) is 3.46. The topological polar surface area (TPSA) is 48.3 Å². The van der Waals surface area contributed by atoms with Crippen LogP contribution >= 0.6 is 15.9 Å². The van der Waals surface area contributed by atoms with Crippen molar-refractivity contribution >= 4 is 49.6 Å². The lowest BCUT2D eigenvalue weighted by molar-refractivity contribution is 0.0527. The van der Waals surface area contributed by atoms with E-state index in [0.717, 1.165) is 27.4 Å². The molecule has 23 heavy (non-hydrogen) atoms. The Bertz CT molecular complexity index is 927. The second-order valence-corrected chi connectivity index (χ2v) is 5.78. The van der Waals surface area contributed by atoms with Crippen LogP contribution in [0.2, 0.25) is 0 Å². The Morgan fingerprint density at radius 1 is 1.13 bits per heavy atom. The molecule has 1 heterocycles. The highest BCUT2D eigenvalue weighted by Crippen LogP contribution is 2.34. The number of carbonyl (C=O) groups excluding carboxylic acids is 2. The maximum atomic E-state index is 12.5. The van der Waals surface area contributed by atoms with E-state index in [9.17, 15) is 9.59 Å². The van der Waals surface area contributed by atoms with E-state index in [2.05, 4.69) is 15.9 Å². The zero-order valence-corrected chi connectivity index (χ0v) is 14.5. The van der Waals surface area contributed by atoms with E-state index in [1.54, 1.807) is 11.5 Å². The fourth-order valence-electron chi connectivity index (χ4n) is 2.99. The van der Waals surface area contributed by atoms with Gasteiger partial charge >= 0.3 is 5.97 Å². The minimum absolute atomic E-state index is 0.0856. The maximum absolute atomic E-state index is 12.5. The third kappa shape index (κ3) is 2.45. The monoisotopic (exact) mass is 373 g/mol. The molecule has 4 nitrogen and oxygen atoms in total. The van der Waals surface area contributed by atoms with Crippen LogP contribution in [0.3, 0.4) is 0 Å². The molecule has 0 fully saturated rings. The van der Waals surface area contributed by atoms with Crippen molar-refractivity contribution in [3.05, 3.63) is 47.5 Å². The van der Waals surface area contributed by atoms with Crippen molar-refractivity contribution in [3.8, 4) is 0 Å². The molecule has 0 atom stereocenters. The minimum atomic E-state index is -0.362. The van der Waals surface area contributed by atoms with Crippen LogP contribution in [0.5, 0.6) is 0 Å². The summed E-state index contributed by atoms with van der Waals surface area (Å²) in [5.41, 5.74) is 2.90. The summed E-state index contributed by atoms with van der Waals surface area (Å²) >= 11 is 3.43. The maximum Gasteiger partial charge on any atom is 0.339 e. The molecule has 3 rings (SSSR count). The van der Waals surface area contributed by atoms with E-state index in [1.165, 1.54) is 6.92 Å². The molecule has 118 valence electrons. The third-order valence-corrected chi connectivity index (χ3v) is 4.47. The van der Waals surface area contributed by atoms with E-state index in [0.29, 0.717) is 17.5 Å². The van der Waals surface area contributed by atoms with Crippen LogP contribution in [-0.4, -0.2) is 23.1 Å². The molecule has 3 aromatic rings. The molecule has 2 aromatic carbocycles. The molecule has 0 spiro atoms. The number of halogens is 1. The zero-order valence-electron chi connectivity index (χ0n) is 12.9. The SMILES string of the molecule is CCOC(=O)c1c(CBr)ccc2c1c1ccccc1n2C(C)=O. The van der Waals surface area contributed by atoms with Crippen molar-refractivity contribution < 1.29 is 14.3 Å². The molecule has 1 aromatic heterocycles. The van der Waals surface area contributed by atoms with Gasteiger partial charge in [0.25, 0.3) is 0 Å². The number of carbonyl (C=O) groups is 2. The van der Waals surface area contributed by atoms with Gasteiger partial charge in [-0.25, -0.2) is 4.79 Å². The van der Waals surface area contributed by atoms with Gasteiger partial charge in [0.1, 0.15) is 0 Å². The lowest BCUT2D eigenvalue weighted by Crippen LogP contribution is -2.09. The van der Waals surface area contributed by atoms with Crippen LogP contribution in [0.25, 0.3) is 21.8 Å². The van der Waals surface area contributed by atoms with Crippen molar-refractivity contribution in [2.24, 2.45) is 0 Å². The Morgan fingerprint density at radius 3 is 2.52 bits per heavy atom. The number of para-hydroxylation sites is 1. The van der Waals surface area contributed by atoms with Crippen LogP contribution in [0.1, 0.15) is 34.6 Å². The standard InChI is InChI=1S/C18H16BrNO3/c1-3-23-18(22)16-12(10-19)8-9-15-17(16)13-6-4-5-7-14(13)20(15)11(2)21/h4-9H,3,10H2,1-2H3. The number of benzene rings is 2. The number of hydrogen-bond donors (Lipinski definition) is 0. The molecule has 0 aliphatic rings. The summed E-state index contributed by atoms with van der Waals surface area (Å²) in [6, 6.07) is 11.4. The summed E-state index contributed by atoms with van der Waals surface area (Å²) in [5.74, 6) is -0.448. The molecule has 0 saturated heterocycles. The molecule has 5 heteroatoms. The highest BCUT2D eigenvalue weighted by atomic mass is 79.9. The fraction of sp³-hybridized carbons (Fsp3) is 0.222. The van der Waals surface area contributed by atoms with Crippen molar-refractivity contribution in [1.29, 1.82) is 0 Å². The van der Waals surface area contributed by atoms with Crippen molar-refractivity contribution in [3.63, 3.8) is 0 Å². The Morgan fingerprint density at radius 2 is 1.87 bits per heavy atom.